The van der Waals surface area contributed by atoms with Gasteiger partial charge in [-0.25, -0.2) is 4.98 Å². The zero-order valence-corrected chi connectivity index (χ0v) is 12.4. The fourth-order valence-electron chi connectivity index (χ4n) is 1.09. The van der Waals surface area contributed by atoms with Crippen LogP contribution < -0.4 is 17.2 Å². The Bertz CT molecular complexity index is 519. The lowest BCUT2D eigenvalue weighted by Gasteiger charge is -1.86. The fourth-order valence-corrected chi connectivity index (χ4v) is 2.75. The van der Waals surface area contributed by atoms with E-state index in [0.717, 1.165) is 11.4 Å². The van der Waals surface area contributed by atoms with Crippen LogP contribution in [0.3, 0.4) is 0 Å². The average Bonchev–Trinajstić information content (AvgIpc) is 2.83. The summed E-state index contributed by atoms with van der Waals surface area (Å²) in [4.78, 5) is 12.4. The van der Waals surface area contributed by atoms with Crippen LogP contribution in [-0.2, 0) is 5.88 Å². The predicted octanol–water partition coefficient (Wildman–Crippen LogP) is 1.62. The normalized spacial score (nSPS) is 10.2. The average molecular weight is 328 g/mol. The number of guanidine groups is 1. The van der Waals surface area contributed by atoms with Crippen LogP contribution in [0, 0.1) is 0 Å². The van der Waals surface area contributed by atoms with E-state index in [2.05, 4.69) is 15.0 Å². The van der Waals surface area contributed by atoms with E-state index in [1.807, 2.05) is 16.3 Å². The molecular formula is C8H13Cl2N6S2+. The van der Waals surface area contributed by atoms with Crippen molar-refractivity contribution in [2.75, 3.05) is 0 Å². The van der Waals surface area contributed by atoms with Gasteiger partial charge in [-0.3, -0.25) is 5.73 Å². The minimum atomic E-state index is -0.0628. The summed E-state index contributed by atoms with van der Waals surface area (Å²) in [5.41, 5.74) is 19.5. The quantitative estimate of drug-likeness (QED) is 0.450. The highest BCUT2D eigenvalue weighted by Gasteiger charge is 2.12. The van der Waals surface area contributed by atoms with Gasteiger partial charge in [0.25, 0.3) is 0 Å². The molecule has 6 nitrogen and oxygen atoms in total. The molecule has 0 spiro atoms. The Kier molecular flexibility index (Phi) is 7.11. The number of aliphatic imine (C=N–C) groups is 1. The Hall–Kier alpha value is -0.930. The van der Waals surface area contributed by atoms with Crippen molar-refractivity contribution in [1.82, 2.24) is 9.97 Å². The molecule has 0 saturated carbocycles. The minimum Gasteiger partial charge on any atom is -0.370 e. The van der Waals surface area contributed by atoms with Gasteiger partial charge in [-0.15, -0.1) is 36.2 Å². The van der Waals surface area contributed by atoms with E-state index in [0.29, 0.717) is 11.0 Å². The van der Waals surface area contributed by atoms with Crippen molar-refractivity contribution < 1.29 is 0 Å². The molecule has 100 valence electrons. The van der Waals surface area contributed by atoms with Crippen molar-refractivity contribution in [3.8, 4) is 11.4 Å². The van der Waals surface area contributed by atoms with Gasteiger partial charge in [0.05, 0.1) is 0 Å². The van der Waals surface area contributed by atoms with Crippen LogP contribution in [0.25, 0.3) is 11.4 Å². The van der Waals surface area contributed by atoms with Gasteiger partial charge in [-0.05, 0) is 0 Å². The predicted molar refractivity (Wildman–Crippen MR) is 82.0 cm³/mol. The lowest BCUT2D eigenvalue weighted by molar-refractivity contribution is 1.27. The van der Waals surface area contributed by atoms with Crippen LogP contribution in [0.4, 0.5) is 5.13 Å². The second-order valence-corrected chi connectivity index (χ2v) is 5.48. The number of nitrogens with two attached hydrogens (primary N) is 3. The lowest BCUT2D eigenvalue weighted by Crippen LogP contribution is -2.21. The Morgan fingerprint density at radius 1 is 1.33 bits per heavy atom. The molecule has 0 radical (unpaired) electrons. The molecule has 2 aromatic heterocycles. The highest BCUT2D eigenvalue weighted by Crippen LogP contribution is 2.29. The standard InChI is InChI=1S/C8H11N6S2.2ClH/c9-3-16-2-6(12-4-16)5-1-15-8(13-5)14-7(10)11;;/h1-2,4H,3,9H2,(H4,10,11,13,14);2*1H/q+1;;. The summed E-state index contributed by atoms with van der Waals surface area (Å²) in [6.07, 6.45) is 0. The van der Waals surface area contributed by atoms with Gasteiger partial charge in [0, 0.05) is 15.8 Å². The summed E-state index contributed by atoms with van der Waals surface area (Å²) < 4.78 is 0. The number of aromatic nitrogens is 2. The highest BCUT2D eigenvalue weighted by molar-refractivity contribution is 7.27. The first-order valence-electron chi connectivity index (χ1n) is 4.39. The summed E-state index contributed by atoms with van der Waals surface area (Å²) in [5.74, 6) is 0.587. The summed E-state index contributed by atoms with van der Waals surface area (Å²) >= 11 is 1.37. The Morgan fingerprint density at radius 2 is 2.06 bits per heavy atom. The van der Waals surface area contributed by atoms with Gasteiger partial charge in [-0.1, -0.05) is 0 Å². The Morgan fingerprint density at radius 3 is 2.61 bits per heavy atom. The molecule has 6 N–H and O–H groups in total. The van der Waals surface area contributed by atoms with E-state index >= 15 is 0 Å². The van der Waals surface area contributed by atoms with Gasteiger partial charge < -0.3 is 11.5 Å². The summed E-state index contributed by atoms with van der Waals surface area (Å²) in [7, 11) is -0.0628. The first-order chi connectivity index (χ1) is 7.69. The maximum absolute atomic E-state index is 5.55. The van der Waals surface area contributed by atoms with Gasteiger partial charge >= 0.3 is 0 Å². The van der Waals surface area contributed by atoms with E-state index in [1.165, 1.54) is 11.3 Å². The summed E-state index contributed by atoms with van der Waals surface area (Å²) in [5, 5.41) is 4.41. The monoisotopic (exact) mass is 327 g/mol. The van der Waals surface area contributed by atoms with Gasteiger partial charge in [0.1, 0.15) is 11.4 Å². The maximum Gasteiger partial charge on any atom is 0.231 e. The second-order valence-electron chi connectivity index (χ2n) is 2.93. The molecule has 0 aliphatic carbocycles. The molecule has 0 aliphatic rings. The largest absolute Gasteiger partial charge is 0.370 e. The Balaban J connectivity index is 0.00000144. The summed E-state index contributed by atoms with van der Waals surface area (Å²) in [6.45, 7) is 0. The molecule has 1 atom stereocenters. The molecule has 0 aliphatic heterocycles. The maximum atomic E-state index is 5.55. The van der Waals surface area contributed by atoms with Crippen LogP contribution in [0.5, 0.6) is 0 Å². The smallest absolute Gasteiger partial charge is 0.231 e. The van der Waals surface area contributed by atoms with Gasteiger partial charge in [-0.2, -0.15) is 9.98 Å². The first-order valence-corrected chi connectivity index (χ1v) is 6.79. The fraction of sp³-hybridized carbons (Fsp3) is 0.125. The lowest BCUT2D eigenvalue weighted by atomic mass is 10.4. The number of halogens is 2. The van der Waals surface area contributed by atoms with Crippen molar-refractivity contribution in [3.63, 3.8) is 0 Å². The van der Waals surface area contributed by atoms with Crippen LogP contribution in [-0.4, -0.2) is 15.9 Å². The topological polar surface area (TPSA) is 116 Å². The van der Waals surface area contributed by atoms with Crippen molar-refractivity contribution in [3.05, 3.63) is 16.3 Å². The van der Waals surface area contributed by atoms with Crippen LogP contribution in [0.2, 0.25) is 0 Å². The number of rotatable bonds is 3. The minimum absolute atomic E-state index is 0. The molecule has 2 aromatic rings. The number of thiazole rings is 2. The third-order valence-electron chi connectivity index (χ3n) is 1.76. The van der Waals surface area contributed by atoms with E-state index < -0.39 is 0 Å². The van der Waals surface area contributed by atoms with Crippen LogP contribution in [0.15, 0.2) is 21.3 Å². The Labute approximate surface area is 123 Å². The highest BCUT2D eigenvalue weighted by atomic mass is 35.5. The molecule has 0 fully saturated rings. The third kappa shape index (κ3) is 4.07. The van der Waals surface area contributed by atoms with Crippen molar-refractivity contribution in [2.45, 2.75) is 5.88 Å². The SMILES string of the molecule is Cl.Cl.NC[s+]1cnc(-c2csc(N=C(N)N)n2)c1. The van der Waals surface area contributed by atoms with E-state index in [1.54, 1.807) is 0 Å². The van der Waals surface area contributed by atoms with E-state index in [4.69, 9.17) is 17.2 Å². The van der Waals surface area contributed by atoms with E-state index in [-0.39, 0.29) is 41.2 Å². The molecule has 0 saturated heterocycles. The van der Waals surface area contributed by atoms with Crippen molar-refractivity contribution >= 4 is 57.7 Å². The molecule has 0 amide bonds. The van der Waals surface area contributed by atoms with Crippen LogP contribution >= 0.6 is 46.6 Å². The molecule has 10 heteroatoms. The van der Waals surface area contributed by atoms with Crippen LogP contribution in [0.1, 0.15) is 0 Å². The zero-order valence-electron chi connectivity index (χ0n) is 9.15. The molecule has 2 rings (SSSR count). The number of hydrogen-bond donors (Lipinski definition) is 3. The molecule has 0 aromatic carbocycles. The molecule has 2 heterocycles. The molecule has 1 unspecified atom stereocenters. The molecule has 18 heavy (non-hydrogen) atoms. The number of hydrogen-bond acceptors (Lipinski definition) is 5. The van der Waals surface area contributed by atoms with Gasteiger partial charge in [0.2, 0.25) is 10.6 Å². The number of nitrogens with zero attached hydrogens (tertiary/aromatic N) is 3. The molecule has 0 bridgehead atoms. The van der Waals surface area contributed by atoms with Gasteiger partial charge in [0.15, 0.2) is 17.2 Å². The molecular weight excluding hydrogens is 315 g/mol. The third-order valence-corrected chi connectivity index (χ3v) is 3.78. The second kappa shape index (κ2) is 7.49. The zero-order chi connectivity index (χ0) is 11.5. The van der Waals surface area contributed by atoms with E-state index in [9.17, 15) is 0 Å². The summed E-state index contributed by atoms with van der Waals surface area (Å²) in [6, 6.07) is 0. The van der Waals surface area contributed by atoms with Crippen molar-refractivity contribution in [2.24, 2.45) is 22.2 Å². The van der Waals surface area contributed by atoms with Crippen molar-refractivity contribution in [1.29, 1.82) is 0 Å². The first kappa shape index (κ1) is 17.1.